The number of pyridine rings is 1. The van der Waals surface area contributed by atoms with Crippen molar-refractivity contribution in [3.05, 3.63) is 66.9 Å². The molecule has 1 amide bonds. The molecule has 33 heavy (non-hydrogen) atoms. The van der Waals surface area contributed by atoms with Crippen molar-refractivity contribution >= 4 is 35.8 Å². The fourth-order valence-electron chi connectivity index (χ4n) is 4.06. The summed E-state index contributed by atoms with van der Waals surface area (Å²) in [7, 11) is 3.40. The van der Waals surface area contributed by atoms with Gasteiger partial charge in [0.15, 0.2) is 5.82 Å². The summed E-state index contributed by atoms with van der Waals surface area (Å²) in [6.45, 7) is 3.29. The van der Waals surface area contributed by atoms with Crippen LogP contribution in [0, 0.1) is 0 Å². The second-order valence-corrected chi connectivity index (χ2v) is 7.72. The maximum Gasteiger partial charge on any atom is 0.398 e. The van der Waals surface area contributed by atoms with Crippen molar-refractivity contribution in [1.82, 2.24) is 24.7 Å². The Morgan fingerprint density at radius 1 is 1.12 bits per heavy atom. The first kappa shape index (κ1) is 21.1. The highest BCUT2D eigenvalue weighted by Gasteiger charge is 2.21. The molecule has 1 aromatic carbocycles. The smallest absolute Gasteiger partial charge is 0.398 e. The molecule has 5 rings (SSSR count). The highest BCUT2D eigenvalue weighted by Crippen LogP contribution is 2.27. The molecule has 0 aliphatic carbocycles. The van der Waals surface area contributed by atoms with E-state index in [2.05, 4.69) is 35.0 Å². The van der Waals surface area contributed by atoms with Crippen LogP contribution >= 0.6 is 0 Å². The summed E-state index contributed by atoms with van der Waals surface area (Å²) in [5.74, 6) is 0.199. The van der Waals surface area contributed by atoms with Gasteiger partial charge in [-0.3, -0.25) is 9.78 Å². The quantitative estimate of drug-likeness (QED) is 0.445. The number of anilines is 2. The Kier molecular flexibility index (Phi) is 6.01. The molecule has 0 atom stereocenters. The van der Waals surface area contributed by atoms with Gasteiger partial charge in [-0.2, -0.15) is 0 Å². The topological polar surface area (TPSA) is 99.3 Å². The second-order valence-electron chi connectivity index (χ2n) is 7.72. The van der Waals surface area contributed by atoms with Gasteiger partial charge in [-0.25, -0.2) is 9.97 Å². The van der Waals surface area contributed by atoms with Gasteiger partial charge in [0.25, 0.3) is 5.91 Å². The first-order chi connectivity index (χ1) is 16.2. The molecule has 1 radical (unpaired) electrons. The lowest BCUT2D eigenvalue weighted by Crippen LogP contribution is -2.48. The number of amides is 1. The van der Waals surface area contributed by atoms with Crippen LogP contribution < -0.4 is 10.2 Å². The Morgan fingerprint density at radius 2 is 2.00 bits per heavy atom. The van der Waals surface area contributed by atoms with Gasteiger partial charge in [-0.1, -0.05) is 12.1 Å². The molecule has 2 N–H and O–H groups in total. The number of piperazine rings is 1. The van der Waals surface area contributed by atoms with Crippen LogP contribution in [-0.2, 0) is 4.65 Å². The zero-order chi connectivity index (χ0) is 22.6. The molecule has 0 unspecified atom stereocenters. The maximum atomic E-state index is 13.1. The van der Waals surface area contributed by atoms with Crippen molar-refractivity contribution in [2.45, 2.75) is 0 Å². The Labute approximate surface area is 192 Å². The standard InChI is InChI=1S/C23H23BN7O2/c1-33-24-31-13-11-30(12-14-31)21-7-8-25-15-20(21)29-23(32)19-6-10-27-22(28-19)17-3-2-4-18-16(17)5-9-26-18/h2-10,15,26H,11-14H2,1H3,(H,29,32). The van der Waals surface area contributed by atoms with Crippen molar-refractivity contribution in [3.8, 4) is 11.4 Å². The van der Waals surface area contributed by atoms with Gasteiger partial charge in [0.1, 0.15) is 5.69 Å². The van der Waals surface area contributed by atoms with Crippen LogP contribution in [0.2, 0.25) is 0 Å². The lowest BCUT2D eigenvalue weighted by Gasteiger charge is -2.36. The van der Waals surface area contributed by atoms with E-state index in [9.17, 15) is 4.79 Å². The van der Waals surface area contributed by atoms with E-state index >= 15 is 0 Å². The number of aromatic amines is 1. The second kappa shape index (κ2) is 9.39. The van der Waals surface area contributed by atoms with E-state index in [-0.39, 0.29) is 5.91 Å². The van der Waals surface area contributed by atoms with Crippen LogP contribution in [0.3, 0.4) is 0 Å². The SMILES string of the molecule is CO[B]N1CCN(c2ccncc2NC(=O)c2ccnc(-c3cccc4[nH]ccc34)n2)CC1. The predicted octanol–water partition coefficient (Wildman–Crippen LogP) is 2.57. The lowest BCUT2D eigenvalue weighted by molar-refractivity contribution is 0.102. The normalized spacial score (nSPS) is 14.4. The molecular formula is C23H23BN7O2. The monoisotopic (exact) mass is 440 g/mol. The minimum absolute atomic E-state index is 0.293. The van der Waals surface area contributed by atoms with E-state index in [4.69, 9.17) is 4.65 Å². The Morgan fingerprint density at radius 3 is 2.85 bits per heavy atom. The molecule has 3 aromatic heterocycles. The first-order valence-electron chi connectivity index (χ1n) is 10.7. The summed E-state index contributed by atoms with van der Waals surface area (Å²) in [4.78, 5) is 33.8. The number of H-pyrrole nitrogens is 1. The molecule has 10 heteroatoms. The van der Waals surface area contributed by atoms with Crippen LogP contribution in [0.1, 0.15) is 10.5 Å². The van der Waals surface area contributed by atoms with Crippen molar-refractivity contribution in [2.24, 2.45) is 0 Å². The average Bonchev–Trinajstić information content (AvgIpc) is 3.34. The third kappa shape index (κ3) is 4.43. The number of fused-ring (bicyclic) bond motifs is 1. The molecule has 0 spiro atoms. The number of hydrogen-bond acceptors (Lipinski definition) is 7. The number of nitrogens with one attached hydrogen (secondary N) is 2. The van der Waals surface area contributed by atoms with Crippen LogP contribution in [0.25, 0.3) is 22.3 Å². The van der Waals surface area contributed by atoms with Gasteiger partial charge < -0.3 is 24.7 Å². The number of benzene rings is 1. The van der Waals surface area contributed by atoms with Gasteiger partial charge in [-0.15, -0.1) is 0 Å². The van der Waals surface area contributed by atoms with E-state index in [0.717, 1.165) is 48.3 Å². The Balaban J connectivity index is 1.36. The van der Waals surface area contributed by atoms with Crippen molar-refractivity contribution in [2.75, 3.05) is 43.5 Å². The molecule has 4 heterocycles. The molecule has 0 bridgehead atoms. The minimum atomic E-state index is -0.305. The summed E-state index contributed by atoms with van der Waals surface area (Å²) >= 11 is 0. The zero-order valence-corrected chi connectivity index (χ0v) is 18.2. The van der Waals surface area contributed by atoms with E-state index in [1.165, 1.54) is 0 Å². The fraction of sp³-hybridized carbons (Fsp3) is 0.217. The summed E-state index contributed by atoms with van der Waals surface area (Å²) in [6, 6.07) is 11.4. The van der Waals surface area contributed by atoms with Crippen molar-refractivity contribution in [1.29, 1.82) is 0 Å². The van der Waals surface area contributed by atoms with E-state index in [1.807, 2.05) is 36.5 Å². The van der Waals surface area contributed by atoms with Crippen molar-refractivity contribution < 1.29 is 9.45 Å². The van der Waals surface area contributed by atoms with Crippen molar-refractivity contribution in [3.63, 3.8) is 0 Å². The number of rotatable bonds is 6. The molecule has 1 fully saturated rings. The van der Waals surface area contributed by atoms with Gasteiger partial charge in [0.2, 0.25) is 0 Å². The van der Waals surface area contributed by atoms with Gasteiger partial charge >= 0.3 is 7.62 Å². The van der Waals surface area contributed by atoms with E-state index in [1.54, 1.807) is 39.4 Å². The van der Waals surface area contributed by atoms with Gasteiger partial charge in [0.05, 0.1) is 17.6 Å². The number of hydrogen-bond donors (Lipinski definition) is 2. The number of carbonyl (C=O) groups excluding carboxylic acids is 1. The summed E-state index contributed by atoms with van der Waals surface area (Å²) in [5.41, 5.74) is 3.74. The summed E-state index contributed by atoms with van der Waals surface area (Å²) in [5, 5.41) is 3.99. The molecular weight excluding hydrogens is 417 g/mol. The Bertz CT molecular complexity index is 1270. The highest BCUT2D eigenvalue weighted by atomic mass is 16.4. The van der Waals surface area contributed by atoms with Crippen LogP contribution in [0.5, 0.6) is 0 Å². The predicted molar refractivity (Wildman–Crippen MR) is 128 cm³/mol. The van der Waals surface area contributed by atoms with E-state index in [0.29, 0.717) is 17.2 Å². The number of nitrogens with zero attached hydrogens (tertiary/aromatic N) is 5. The maximum absolute atomic E-state index is 13.1. The van der Waals surface area contributed by atoms with Gasteiger partial charge in [0, 0.05) is 68.3 Å². The first-order valence-corrected chi connectivity index (χ1v) is 10.7. The Hall–Kier alpha value is -3.76. The number of aromatic nitrogens is 4. The van der Waals surface area contributed by atoms with Crippen LogP contribution in [0.4, 0.5) is 11.4 Å². The number of carbonyl (C=O) groups is 1. The fourth-order valence-corrected chi connectivity index (χ4v) is 4.06. The molecule has 1 aliphatic rings. The molecule has 1 aliphatic heterocycles. The molecule has 1 saturated heterocycles. The van der Waals surface area contributed by atoms with E-state index < -0.39 is 0 Å². The van der Waals surface area contributed by atoms with Crippen LogP contribution in [0.15, 0.2) is 61.2 Å². The molecule has 0 saturated carbocycles. The highest BCUT2D eigenvalue weighted by molar-refractivity contribution is 6.23. The summed E-state index contributed by atoms with van der Waals surface area (Å²) < 4.78 is 5.11. The largest absolute Gasteiger partial charge is 0.427 e. The summed E-state index contributed by atoms with van der Waals surface area (Å²) in [6.07, 6.45) is 6.89. The van der Waals surface area contributed by atoms with Crippen LogP contribution in [-0.4, -0.2) is 71.6 Å². The lowest BCUT2D eigenvalue weighted by atomic mass is 10.1. The molecule has 4 aromatic rings. The molecule has 165 valence electrons. The van der Waals surface area contributed by atoms with Gasteiger partial charge in [-0.05, 0) is 24.3 Å². The third-order valence-corrected chi connectivity index (χ3v) is 5.68. The minimum Gasteiger partial charge on any atom is -0.427 e. The molecule has 9 nitrogen and oxygen atoms in total. The average molecular weight is 440 g/mol. The third-order valence-electron chi connectivity index (χ3n) is 5.68. The zero-order valence-electron chi connectivity index (χ0n) is 18.2.